The number of aryl methyl sites for hydroxylation is 2. The Morgan fingerprint density at radius 3 is 2.48 bits per heavy atom. The number of aromatic nitrogens is 4. The summed E-state index contributed by atoms with van der Waals surface area (Å²) >= 11 is 0. The summed E-state index contributed by atoms with van der Waals surface area (Å²) < 4.78 is 9.51. The molecule has 27 heavy (non-hydrogen) atoms. The number of aliphatic hydroxyl groups excluding tert-OH is 1. The lowest BCUT2D eigenvalue weighted by Crippen LogP contribution is -2.38. The molecule has 1 atom stereocenters. The number of nitrogens with zero attached hydrogens (tertiary/aromatic N) is 4. The van der Waals surface area contributed by atoms with E-state index in [4.69, 9.17) is 4.74 Å². The van der Waals surface area contributed by atoms with Crippen LogP contribution >= 0.6 is 0 Å². The van der Waals surface area contributed by atoms with Gasteiger partial charge < -0.3 is 19.7 Å². The SMILES string of the molecule is CNc1nc2c(c(=O)n(C)c(=O)n2C)n1C[C@H](O)COc1ccc(C)cc1. The van der Waals surface area contributed by atoms with E-state index in [-0.39, 0.29) is 24.3 Å². The lowest BCUT2D eigenvalue weighted by molar-refractivity contribution is 0.0938. The van der Waals surface area contributed by atoms with Crippen LogP contribution in [0.25, 0.3) is 11.2 Å². The highest BCUT2D eigenvalue weighted by atomic mass is 16.5. The third-order valence-corrected chi connectivity index (χ3v) is 4.43. The number of nitrogens with one attached hydrogen (secondary N) is 1. The molecule has 144 valence electrons. The van der Waals surface area contributed by atoms with Gasteiger partial charge in [0.1, 0.15) is 18.5 Å². The van der Waals surface area contributed by atoms with E-state index in [0.717, 1.165) is 10.1 Å². The van der Waals surface area contributed by atoms with Gasteiger partial charge in [-0.2, -0.15) is 4.98 Å². The minimum atomic E-state index is -0.877. The minimum absolute atomic E-state index is 0.0535. The molecule has 2 N–H and O–H groups in total. The van der Waals surface area contributed by atoms with Gasteiger partial charge in [-0.15, -0.1) is 0 Å². The Kier molecular flexibility index (Phi) is 5.04. The highest BCUT2D eigenvalue weighted by molar-refractivity contribution is 5.74. The number of rotatable bonds is 6. The number of hydrogen-bond acceptors (Lipinski definition) is 6. The van der Waals surface area contributed by atoms with Crippen LogP contribution in [0.15, 0.2) is 33.9 Å². The lowest BCUT2D eigenvalue weighted by Gasteiger charge is -2.15. The topological polar surface area (TPSA) is 103 Å². The average molecular weight is 373 g/mol. The van der Waals surface area contributed by atoms with Crippen molar-refractivity contribution in [2.24, 2.45) is 14.1 Å². The average Bonchev–Trinajstić information content (AvgIpc) is 3.02. The molecule has 3 aromatic rings. The first-order valence-electron chi connectivity index (χ1n) is 8.55. The zero-order chi connectivity index (χ0) is 19.7. The molecule has 0 aliphatic heterocycles. The van der Waals surface area contributed by atoms with Crippen molar-refractivity contribution in [2.45, 2.75) is 19.6 Å². The molecule has 9 nitrogen and oxygen atoms in total. The molecule has 0 spiro atoms. The Hall–Kier alpha value is -3.07. The second kappa shape index (κ2) is 7.28. The smallest absolute Gasteiger partial charge is 0.332 e. The van der Waals surface area contributed by atoms with Gasteiger partial charge in [-0.05, 0) is 19.1 Å². The number of imidazole rings is 1. The van der Waals surface area contributed by atoms with Gasteiger partial charge >= 0.3 is 5.69 Å². The molecule has 0 bridgehead atoms. The normalized spacial score (nSPS) is 12.3. The minimum Gasteiger partial charge on any atom is -0.491 e. The van der Waals surface area contributed by atoms with Crippen molar-refractivity contribution in [3.05, 3.63) is 50.7 Å². The van der Waals surface area contributed by atoms with Crippen molar-refractivity contribution in [3.63, 3.8) is 0 Å². The number of ether oxygens (including phenoxy) is 1. The second-order valence-corrected chi connectivity index (χ2v) is 6.45. The van der Waals surface area contributed by atoms with Gasteiger partial charge in [-0.25, -0.2) is 4.79 Å². The molecule has 3 rings (SSSR count). The Morgan fingerprint density at radius 2 is 1.85 bits per heavy atom. The van der Waals surface area contributed by atoms with Crippen molar-refractivity contribution in [1.29, 1.82) is 0 Å². The summed E-state index contributed by atoms with van der Waals surface area (Å²) in [6.45, 7) is 2.12. The van der Waals surface area contributed by atoms with Gasteiger partial charge in [0.25, 0.3) is 5.56 Å². The third kappa shape index (κ3) is 3.45. The predicted molar refractivity (Wildman–Crippen MR) is 102 cm³/mol. The highest BCUT2D eigenvalue weighted by Gasteiger charge is 2.20. The molecule has 0 aliphatic carbocycles. The molecule has 0 radical (unpaired) electrons. The number of aliphatic hydroxyl groups is 1. The molecular weight excluding hydrogens is 350 g/mol. The van der Waals surface area contributed by atoms with Crippen molar-refractivity contribution in [2.75, 3.05) is 19.0 Å². The van der Waals surface area contributed by atoms with Gasteiger partial charge in [0.05, 0.1) is 6.54 Å². The lowest BCUT2D eigenvalue weighted by atomic mass is 10.2. The van der Waals surface area contributed by atoms with Crippen LogP contribution in [-0.4, -0.2) is 43.6 Å². The van der Waals surface area contributed by atoms with Gasteiger partial charge in [-0.1, -0.05) is 17.7 Å². The number of fused-ring (bicyclic) bond motifs is 1. The van der Waals surface area contributed by atoms with E-state index in [0.29, 0.717) is 11.7 Å². The number of hydrogen-bond donors (Lipinski definition) is 2. The molecule has 0 unspecified atom stereocenters. The largest absolute Gasteiger partial charge is 0.491 e. The van der Waals surface area contributed by atoms with Crippen LogP contribution in [0.4, 0.5) is 5.95 Å². The standard InChI is InChI=1S/C18H23N5O4/c1-11-5-7-13(8-6-11)27-10-12(24)9-23-14-15(20-17(23)19-2)21(3)18(26)22(4)16(14)25/h5-8,12,24H,9-10H2,1-4H3,(H,19,20)/t12-/m0/s1. The van der Waals surface area contributed by atoms with Crippen molar-refractivity contribution >= 4 is 17.1 Å². The maximum atomic E-state index is 12.6. The molecule has 0 saturated carbocycles. The van der Waals surface area contributed by atoms with Gasteiger partial charge in [0, 0.05) is 21.1 Å². The molecule has 2 aromatic heterocycles. The zero-order valence-electron chi connectivity index (χ0n) is 15.8. The Morgan fingerprint density at radius 1 is 1.19 bits per heavy atom. The molecule has 9 heteroatoms. The van der Waals surface area contributed by atoms with Crippen LogP contribution in [-0.2, 0) is 20.6 Å². The van der Waals surface area contributed by atoms with Crippen molar-refractivity contribution in [1.82, 2.24) is 18.7 Å². The quantitative estimate of drug-likeness (QED) is 0.641. The summed E-state index contributed by atoms with van der Waals surface area (Å²) in [5.41, 5.74) is 0.710. The van der Waals surface area contributed by atoms with Crippen LogP contribution in [0.3, 0.4) is 0 Å². The zero-order valence-corrected chi connectivity index (χ0v) is 15.8. The first-order valence-corrected chi connectivity index (χ1v) is 8.55. The predicted octanol–water partition coefficient (Wildman–Crippen LogP) is 0.224. The number of benzene rings is 1. The molecule has 1 aromatic carbocycles. The van der Waals surface area contributed by atoms with E-state index in [2.05, 4.69) is 10.3 Å². The first-order chi connectivity index (χ1) is 12.8. The fraction of sp³-hybridized carbons (Fsp3) is 0.389. The third-order valence-electron chi connectivity index (χ3n) is 4.43. The summed E-state index contributed by atoms with van der Waals surface area (Å²) in [4.78, 5) is 29.0. The summed E-state index contributed by atoms with van der Waals surface area (Å²) in [6, 6.07) is 7.52. The summed E-state index contributed by atoms with van der Waals surface area (Å²) in [7, 11) is 4.63. The van der Waals surface area contributed by atoms with Crippen LogP contribution in [0, 0.1) is 6.92 Å². The number of anilines is 1. The second-order valence-electron chi connectivity index (χ2n) is 6.45. The Balaban J connectivity index is 1.90. The molecule has 0 aliphatic rings. The summed E-state index contributed by atoms with van der Waals surface area (Å²) in [5, 5.41) is 13.3. The Bertz CT molecular complexity index is 1080. The maximum Gasteiger partial charge on any atom is 0.332 e. The van der Waals surface area contributed by atoms with Gasteiger partial charge in [0.2, 0.25) is 5.95 Å². The first kappa shape index (κ1) is 18.7. The van der Waals surface area contributed by atoms with E-state index in [9.17, 15) is 14.7 Å². The van der Waals surface area contributed by atoms with Crippen LogP contribution in [0.1, 0.15) is 5.56 Å². The van der Waals surface area contributed by atoms with Crippen molar-refractivity contribution in [3.8, 4) is 5.75 Å². The van der Waals surface area contributed by atoms with Gasteiger partial charge in [0.15, 0.2) is 11.2 Å². The van der Waals surface area contributed by atoms with E-state index < -0.39 is 17.4 Å². The van der Waals surface area contributed by atoms with E-state index in [1.807, 2.05) is 31.2 Å². The molecule has 0 fully saturated rings. The van der Waals surface area contributed by atoms with E-state index in [1.165, 1.54) is 11.6 Å². The molecule has 2 heterocycles. The van der Waals surface area contributed by atoms with Crippen LogP contribution in [0.2, 0.25) is 0 Å². The molecule has 0 saturated heterocycles. The fourth-order valence-corrected chi connectivity index (χ4v) is 2.91. The van der Waals surface area contributed by atoms with E-state index in [1.54, 1.807) is 18.7 Å². The van der Waals surface area contributed by atoms with E-state index >= 15 is 0 Å². The molecule has 0 amide bonds. The van der Waals surface area contributed by atoms with Crippen molar-refractivity contribution < 1.29 is 9.84 Å². The monoisotopic (exact) mass is 373 g/mol. The summed E-state index contributed by atoms with van der Waals surface area (Å²) in [5.74, 6) is 1.04. The maximum absolute atomic E-state index is 12.6. The summed E-state index contributed by atoms with van der Waals surface area (Å²) in [6.07, 6.45) is -0.877. The highest BCUT2D eigenvalue weighted by Crippen LogP contribution is 2.17. The van der Waals surface area contributed by atoms with Crippen LogP contribution < -0.4 is 21.3 Å². The van der Waals surface area contributed by atoms with Crippen LogP contribution in [0.5, 0.6) is 5.75 Å². The Labute approximate surface area is 155 Å². The van der Waals surface area contributed by atoms with Gasteiger partial charge in [-0.3, -0.25) is 13.9 Å². The molecular formula is C18H23N5O4. The fourth-order valence-electron chi connectivity index (χ4n) is 2.91.